The maximum Gasteiger partial charge on any atom is 0.239 e. The van der Waals surface area contributed by atoms with E-state index in [4.69, 9.17) is 0 Å². The minimum Gasteiger partial charge on any atom is -0.349 e. The predicted molar refractivity (Wildman–Crippen MR) is 87.5 cm³/mol. The highest BCUT2D eigenvalue weighted by molar-refractivity contribution is 5.81. The molecule has 1 atom stereocenters. The van der Waals surface area contributed by atoms with E-state index in [0.29, 0.717) is 0 Å². The van der Waals surface area contributed by atoms with Gasteiger partial charge in [-0.2, -0.15) is 0 Å². The lowest BCUT2D eigenvalue weighted by Crippen LogP contribution is -2.51. The van der Waals surface area contributed by atoms with Gasteiger partial charge in [-0.3, -0.25) is 14.5 Å². The zero-order valence-corrected chi connectivity index (χ0v) is 14.4. The molecule has 5 heteroatoms. The van der Waals surface area contributed by atoms with E-state index in [1.165, 1.54) is 12.8 Å². The van der Waals surface area contributed by atoms with Gasteiger partial charge in [-0.05, 0) is 45.7 Å². The third kappa shape index (κ3) is 4.22. The minimum atomic E-state index is -0.0477. The molecule has 0 spiro atoms. The number of hydrogen-bond donors (Lipinski definition) is 0. The summed E-state index contributed by atoms with van der Waals surface area (Å²) in [5, 5.41) is 0. The molecule has 2 aliphatic heterocycles. The zero-order chi connectivity index (χ0) is 16.1. The average Bonchev–Trinajstić information content (AvgIpc) is 2.82. The fourth-order valence-electron chi connectivity index (χ4n) is 3.61. The predicted octanol–water partition coefficient (Wildman–Crippen LogP) is 1.58. The summed E-state index contributed by atoms with van der Waals surface area (Å²) >= 11 is 0. The van der Waals surface area contributed by atoms with Crippen LogP contribution in [0.1, 0.15) is 45.4 Å². The van der Waals surface area contributed by atoms with Crippen LogP contribution in [0.25, 0.3) is 0 Å². The van der Waals surface area contributed by atoms with Crippen molar-refractivity contribution in [1.29, 1.82) is 0 Å². The summed E-state index contributed by atoms with van der Waals surface area (Å²) in [6, 6.07) is -0.0477. The highest BCUT2D eigenvalue weighted by Gasteiger charge is 2.32. The summed E-state index contributed by atoms with van der Waals surface area (Å²) in [4.78, 5) is 30.7. The topological polar surface area (TPSA) is 43.9 Å². The van der Waals surface area contributed by atoms with Crippen LogP contribution >= 0.6 is 0 Å². The third-order valence-electron chi connectivity index (χ3n) is 5.14. The summed E-state index contributed by atoms with van der Waals surface area (Å²) in [6.45, 7) is 5.56. The summed E-state index contributed by atoms with van der Waals surface area (Å²) in [6.07, 6.45) is 6.51. The molecule has 22 heavy (non-hydrogen) atoms. The van der Waals surface area contributed by atoms with E-state index in [1.54, 1.807) is 4.90 Å². The fraction of sp³-hybridized carbons (Fsp3) is 0.882. The van der Waals surface area contributed by atoms with Crippen molar-refractivity contribution in [3.8, 4) is 0 Å². The number of hydrogen-bond acceptors (Lipinski definition) is 3. The lowest BCUT2D eigenvalue weighted by molar-refractivity contribution is -0.138. The fourth-order valence-corrected chi connectivity index (χ4v) is 3.61. The molecule has 0 aromatic rings. The molecule has 1 unspecified atom stereocenters. The number of piperidine rings is 1. The van der Waals surface area contributed by atoms with E-state index in [0.717, 1.165) is 51.9 Å². The highest BCUT2D eigenvalue weighted by atomic mass is 16.2. The first kappa shape index (κ1) is 17.3. The summed E-state index contributed by atoms with van der Waals surface area (Å²) in [7, 11) is 3.64. The Morgan fingerprint density at radius 2 is 1.50 bits per heavy atom. The lowest BCUT2D eigenvalue weighted by Gasteiger charge is -2.37. The van der Waals surface area contributed by atoms with Crippen molar-refractivity contribution in [2.24, 2.45) is 5.92 Å². The van der Waals surface area contributed by atoms with Gasteiger partial charge in [0.25, 0.3) is 0 Å². The second-order valence-corrected chi connectivity index (χ2v) is 6.96. The Hall–Kier alpha value is -1.10. The first-order valence-electron chi connectivity index (χ1n) is 8.74. The molecule has 0 aliphatic carbocycles. The van der Waals surface area contributed by atoms with Crippen LogP contribution in [0.5, 0.6) is 0 Å². The third-order valence-corrected chi connectivity index (χ3v) is 5.14. The molecule has 2 saturated heterocycles. The largest absolute Gasteiger partial charge is 0.349 e. The van der Waals surface area contributed by atoms with Crippen LogP contribution in [0.3, 0.4) is 0 Å². The van der Waals surface area contributed by atoms with Gasteiger partial charge in [-0.25, -0.2) is 0 Å². The Bertz CT molecular complexity index is 381. The van der Waals surface area contributed by atoms with E-state index in [-0.39, 0.29) is 23.8 Å². The molecular weight excluding hydrogens is 278 g/mol. The zero-order valence-electron chi connectivity index (χ0n) is 14.4. The van der Waals surface area contributed by atoms with Gasteiger partial charge in [0.15, 0.2) is 0 Å². The van der Waals surface area contributed by atoms with Crippen molar-refractivity contribution in [1.82, 2.24) is 14.7 Å². The van der Waals surface area contributed by atoms with Crippen LogP contribution in [0.2, 0.25) is 0 Å². The Kier molecular flexibility index (Phi) is 6.24. The lowest BCUT2D eigenvalue weighted by atomic mass is 9.94. The first-order valence-corrected chi connectivity index (χ1v) is 8.74. The van der Waals surface area contributed by atoms with E-state index in [2.05, 4.69) is 9.80 Å². The van der Waals surface area contributed by atoms with Crippen LogP contribution in [-0.4, -0.2) is 72.8 Å². The minimum absolute atomic E-state index is 0.0477. The normalized spacial score (nSPS) is 23.0. The van der Waals surface area contributed by atoms with Gasteiger partial charge in [0.2, 0.25) is 11.8 Å². The molecule has 2 heterocycles. The SMILES string of the molecule is CC(C(=O)N1CCCCCC1)N1CCC(C(=O)N(C)C)CC1. The van der Waals surface area contributed by atoms with Gasteiger partial charge in [0, 0.05) is 33.1 Å². The molecule has 0 aromatic heterocycles. The average molecular weight is 309 g/mol. The molecule has 0 radical (unpaired) electrons. The number of likely N-dealkylation sites (tertiary alicyclic amines) is 2. The molecule has 2 amide bonds. The molecule has 5 nitrogen and oxygen atoms in total. The Morgan fingerprint density at radius 1 is 0.955 bits per heavy atom. The van der Waals surface area contributed by atoms with Crippen molar-refractivity contribution < 1.29 is 9.59 Å². The van der Waals surface area contributed by atoms with Crippen molar-refractivity contribution >= 4 is 11.8 Å². The van der Waals surface area contributed by atoms with Gasteiger partial charge in [-0.15, -0.1) is 0 Å². The second-order valence-electron chi connectivity index (χ2n) is 6.96. The maximum absolute atomic E-state index is 12.7. The Morgan fingerprint density at radius 3 is 2.00 bits per heavy atom. The van der Waals surface area contributed by atoms with Gasteiger partial charge < -0.3 is 9.80 Å². The quantitative estimate of drug-likeness (QED) is 0.795. The molecule has 0 saturated carbocycles. The van der Waals surface area contributed by atoms with Crippen LogP contribution in [0.15, 0.2) is 0 Å². The van der Waals surface area contributed by atoms with Crippen LogP contribution < -0.4 is 0 Å². The van der Waals surface area contributed by atoms with Gasteiger partial charge in [-0.1, -0.05) is 12.8 Å². The van der Waals surface area contributed by atoms with E-state index >= 15 is 0 Å². The number of rotatable bonds is 3. The molecule has 126 valence electrons. The van der Waals surface area contributed by atoms with E-state index in [1.807, 2.05) is 21.0 Å². The first-order chi connectivity index (χ1) is 10.5. The van der Waals surface area contributed by atoms with Gasteiger partial charge >= 0.3 is 0 Å². The molecule has 0 bridgehead atoms. The number of carbonyl (C=O) groups excluding carboxylic acids is 2. The molecule has 0 aromatic carbocycles. The maximum atomic E-state index is 12.7. The van der Waals surface area contributed by atoms with Crippen LogP contribution in [0, 0.1) is 5.92 Å². The van der Waals surface area contributed by atoms with Crippen LogP contribution in [-0.2, 0) is 9.59 Å². The number of carbonyl (C=O) groups is 2. The van der Waals surface area contributed by atoms with Crippen molar-refractivity contribution in [3.05, 3.63) is 0 Å². The molecule has 0 N–H and O–H groups in total. The standard InChI is InChI=1S/C17H31N3O2/c1-14(16(21)20-10-6-4-5-7-11-20)19-12-8-15(9-13-19)17(22)18(2)3/h14-15H,4-13H2,1-3H3. The Balaban J connectivity index is 1.84. The summed E-state index contributed by atoms with van der Waals surface area (Å²) in [5.41, 5.74) is 0. The molecule has 2 rings (SSSR count). The van der Waals surface area contributed by atoms with Gasteiger partial charge in [0.05, 0.1) is 6.04 Å². The molecule has 2 fully saturated rings. The monoisotopic (exact) mass is 309 g/mol. The highest BCUT2D eigenvalue weighted by Crippen LogP contribution is 2.22. The van der Waals surface area contributed by atoms with E-state index in [9.17, 15) is 9.59 Å². The van der Waals surface area contributed by atoms with Crippen molar-refractivity contribution in [2.45, 2.75) is 51.5 Å². The second kappa shape index (κ2) is 7.95. The number of nitrogens with zero attached hydrogens (tertiary/aromatic N) is 3. The summed E-state index contributed by atoms with van der Waals surface area (Å²) < 4.78 is 0. The summed E-state index contributed by atoms with van der Waals surface area (Å²) in [5.74, 6) is 0.636. The number of amides is 2. The van der Waals surface area contributed by atoms with Crippen LogP contribution in [0.4, 0.5) is 0 Å². The van der Waals surface area contributed by atoms with E-state index < -0.39 is 0 Å². The van der Waals surface area contributed by atoms with Crippen molar-refractivity contribution in [2.75, 3.05) is 40.3 Å². The molecular formula is C17H31N3O2. The smallest absolute Gasteiger partial charge is 0.239 e. The van der Waals surface area contributed by atoms with Crippen molar-refractivity contribution in [3.63, 3.8) is 0 Å². The Labute approximate surface area is 134 Å². The molecule has 2 aliphatic rings. The van der Waals surface area contributed by atoms with Gasteiger partial charge in [0.1, 0.15) is 0 Å².